The normalized spacial score (nSPS) is 15.6. The monoisotopic (exact) mass is 410 g/mol. The van der Waals surface area contributed by atoms with Crippen molar-refractivity contribution in [3.8, 4) is 11.1 Å². The fraction of sp³-hybridized carbons (Fsp3) is 0.417. The number of fused-ring (bicyclic) bond motifs is 1. The van der Waals surface area contributed by atoms with Gasteiger partial charge >= 0.3 is 5.97 Å². The number of hydrogen-bond acceptors (Lipinski definition) is 4. The molecule has 1 heterocycles. The minimum absolute atomic E-state index is 0.0330. The number of carboxylic acids is 1. The van der Waals surface area contributed by atoms with E-state index >= 15 is 0 Å². The lowest BCUT2D eigenvalue weighted by molar-refractivity contribution is -0.122. The maximum absolute atomic E-state index is 12.8. The number of carboxylic acid groups (broad SMARTS) is 1. The molecule has 0 aromatic heterocycles. The van der Waals surface area contributed by atoms with Crippen molar-refractivity contribution in [2.24, 2.45) is 0 Å². The van der Waals surface area contributed by atoms with Crippen LogP contribution in [0.15, 0.2) is 42.5 Å². The Labute approximate surface area is 177 Å². The summed E-state index contributed by atoms with van der Waals surface area (Å²) >= 11 is 0. The van der Waals surface area contributed by atoms with E-state index in [1.54, 1.807) is 19.2 Å². The second kappa shape index (κ2) is 10.9. The zero-order valence-corrected chi connectivity index (χ0v) is 17.5. The quantitative estimate of drug-likeness (QED) is 0.794. The van der Waals surface area contributed by atoms with E-state index in [0.29, 0.717) is 13.1 Å². The van der Waals surface area contributed by atoms with Crippen LogP contribution < -0.4 is 10.2 Å². The second-order valence-electron chi connectivity index (χ2n) is 7.65. The highest BCUT2D eigenvalue weighted by Gasteiger charge is 2.19. The van der Waals surface area contributed by atoms with Gasteiger partial charge in [-0.05, 0) is 60.3 Å². The molecule has 0 saturated heterocycles. The summed E-state index contributed by atoms with van der Waals surface area (Å²) in [6, 6.07) is 13.0. The molecule has 2 aromatic carbocycles. The SMILES string of the molecule is COCC(=O)N1CCCCCCCNCc2cc(-c3ccc(C(=O)O)cc3)ccc21. The molecule has 2 N–H and O–H groups in total. The molecule has 6 nitrogen and oxygen atoms in total. The highest BCUT2D eigenvalue weighted by Crippen LogP contribution is 2.29. The molecule has 1 aliphatic rings. The van der Waals surface area contributed by atoms with E-state index in [0.717, 1.165) is 48.2 Å². The van der Waals surface area contributed by atoms with Gasteiger partial charge in [0.25, 0.3) is 5.91 Å². The summed E-state index contributed by atoms with van der Waals surface area (Å²) < 4.78 is 5.11. The van der Waals surface area contributed by atoms with Crippen molar-refractivity contribution in [2.75, 3.05) is 31.7 Å². The van der Waals surface area contributed by atoms with Crippen molar-refractivity contribution in [2.45, 2.75) is 38.6 Å². The first-order chi connectivity index (χ1) is 14.6. The maximum atomic E-state index is 12.8. The molecular formula is C24H30N2O4. The van der Waals surface area contributed by atoms with Crippen LogP contribution in [0.2, 0.25) is 0 Å². The van der Waals surface area contributed by atoms with Crippen molar-refractivity contribution in [3.63, 3.8) is 0 Å². The number of benzene rings is 2. The molecule has 0 unspecified atom stereocenters. The molecule has 0 atom stereocenters. The predicted molar refractivity (Wildman–Crippen MR) is 118 cm³/mol. The number of anilines is 1. The highest BCUT2D eigenvalue weighted by atomic mass is 16.5. The molecule has 30 heavy (non-hydrogen) atoms. The number of methoxy groups -OCH3 is 1. The Kier molecular flexibility index (Phi) is 7.99. The summed E-state index contributed by atoms with van der Waals surface area (Å²) in [7, 11) is 1.54. The minimum Gasteiger partial charge on any atom is -0.478 e. The molecule has 3 rings (SSSR count). The van der Waals surface area contributed by atoms with Crippen LogP contribution in [0.1, 0.15) is 48.0 Å². The van der Waals surface area contributed by atoms with E-state index in [1.165, 1.54) is 12.8 Å². The Morgan fingerprint density at radius 2 is 1.70 bits per heavy atom. The molecular weight excluding hydrogens is 380 g/mol. The number of rotatable bonds is 4. The topological polar surface area (TPSA) is 78.9 Å². The van der Waals surface area contributed by atoms with E-state index < -0.39 is 5.97 Å². The lowest BCUT2D eigenvalue weighted by Crippen LogP contribution is -2.36. The van der Waals surface area contributed by atoms with Gasteiger partial charge in [-0.2, -0.15) is 0 Å². The Hall–Kier alpha value is -2.70. The van der Waals surface area contributed by atoms with Crippen LogP contribution in [-0.4, -0.2) is 43.8 Å². The highest BCUT2D eigenvalue weighted by molar-refractivity contribution is 5.95. The van der Waals surface area contributed by atoms with Gasteiger partial charge < -0.3 is 20.1 Å². The summed E-state index contributed by atoms with van der Waals surface area (Å²) in [5, 5.41) is 12.6. The van der Waals surface area contributed by atoms with Crippen molar-refractivity contribution in [3.05, 3.63) is 53.6 Å². The van der Waals surface area contributed by atoms with E-state index in [9.17, 15) is 9.59 Å². The number of amides is 1. The third-order valence-electron chi connectivity index (χ3n) is 5.46. The molecule has 0 bridgehead atoms. The largest absolute Gasteiger partial charge is 0.478 e. The molecule has 0 fully saturated rings. The maximum Gasteiger partial charge on any atom is 0.335 e. The molecule has 2 aromatic rings. The van der Waals surface area contributed by atoms with Crippen LogP contribution in [0.25, 0.3) is 11.1 Å². The van der Waals surface area contributed by atoms with Gasteiger partial charge in [-0.3, -0.25) is 4.79 Å². The van der Waals surface area contributed by atoms with Crippen molar-refractivity contribution in [1.82, 2.24) is 5.32 Å². The number of hydrogen-bond donors (Lipinski definition) is 2. The van der Waals surface area contributed by atoms with Gasteiger partial charge in [0.15, 0.2) is 0 Å². The number of aromatic carboxylic acids is 1. The summed E-state index contributed by atoms with van der Waals surface area (Å²) in [5.74, 6) is -0.968. The molecule has 160 valence electrons. The molecule has 0 aliphatic carbocycles. The van der Waals surface area contributed by atoms with Gasteiger partial charge in [0.05, 0.1) is 5.56 Å². The Bertz CT molecular complexity index is 864. The van der Waals surface area contributed by atoms with Crippen molar-refractivity contribution < 1.29 is 19.4 Å². The molecule has 0 spiro atoms. The van der Waals surface area contributed by atoms with Gasteiger partial charge in [0, 0.05) is 25.9 Å². The van der Waals surface area contributed by atoms with Gasteiger partial charge in [0.2, 0.25) is 0 Å². The minimum atomic E-state index is -0.935. The van der Waals surface area contributed by atoms with Crippen molar-refractivity contribution in [1.29, 1.82) is 0 Å². The number of carbonyl (C=O) groups is 2. The fourth-order valence-corrected chi connectivity index (χ4v) is 3.83. The molecule has 1 amide bonds. The number of carbonyl (C=O) groups excluding carboxylic acids is 1. The predicted octanol–water partition coefficient (Wildman–Crippen LogP) is 4.08. The first-order valence-electron chi connectivity index (χ1n) is 10.6. The van der Waals surface area contributed by atoms with Crippen LogP contribution in [0.5, 0.6) is 0 Å². The van der Waals surface area contributed by atoms with Crippen molar-refractivity contribution >= 4 is 17.6 Å². The first kappa shape index (κ1) is 22.0. The zero-order valence-electron chi connectivity index (χ0n) is 17.5. The number of nitrogens with zero attached hydrogens (tertiary/aromatic N) is 1. The van der Waals surface area contributed by atoms with Gasteiger partial charge in [-0.1, -0.05) is 37.5 Å². The summed E-state index contributed by atoms with van der Waals surface area (Å²) in [6.07, 6.45) is 5.62. The number of nitrogens with one attached hydrogen (secondary N) is 1. The summed E-state index contributed by atoms with van der Waals surface area (Å²) in [6.45, 7) is 2.36. The summed E-state index contributed by atoms with van der Waals surface area (Å²) in [4.78, 5) is 25.7. The standard InChI is InChI=1S/C24H30N2O4/c1-30-17-23(27)26-14-6-4-2-3-5-13-25-16-21-15-20(11-12-22(21)26)18-7-9-19(10-8-18)24(28)29/h7-12,15,25H,2-6,13-14,16-17H2,1H3,(H,28,29). The third kappa shape index (κ3) is 5.68. The van der Waals surface area contributed by atoms with Crippen LogP contribution in [0.4, 0.5) is 5.69 Å². The Morgan fingerprint density at radius 3 is 2.43 bits per heavy atom. The van der Waals surface area contributed by atoms with Crippen LogP contribution in [0.3, 0.4) is 0 Å². The van der Waals surface area contributed by atoms with Gasteiger partial charge in [-0.15, -0.1) is 0 Å². The van der Waals surface area contributed by atoms with E-state index in [1.807, 2.05) is 29.2 Å². The van der Waals surface area contributed by atoms with Crippen LogP contribution in [-0.2, 0) is 16.1 Å². The second-order valence-corrected chi connectivity index (χ2v) is 7.65. The lowest BCUT2D eigenvalue weighted by Gasteiger charge is -2.26. The first-order valence-corrected chi connectivity index (χ1v) is 10.6. The van der Waals surface area contributed by atoms with Gasteiger partial charge in [-0.25, -0.2) is 4.79 Å². The summed E-state index contributed by atoms with van der Waals surface area (Å²) in [5.41, 5.74) is 4.18. The zero-order chi connectivity index (χ0) is 21.3. The Morgan fingerprint density at radius 1 is 1.00 bits per heavy atom. The average molecular weight is 411 g/mol. The molecule has 0 radical (unpaired) electrons. The smallest absolute Gasteiger partial charge is 0.335 e. The fourth-order valence-electron chi connectivity index (χ4n) is 3.83. The van der Waals surface area contributed by atoms with E-state index in [-0.39, 0.29) is 18.1 Å². The van der Waals surface area contributed by atoms with Crippen LogP contribution >= 0.6 is 0 Å². The molecule has 0 saturated carbocycles. The molecule has 6 heteroatoms. The average Bonchev–Trinajstić information content (AvgIpc) is 2.74. The third-order valence-corrected chi connectivity index (χ3v) is 5.46. The Balaban J connectivity index is 1.95. The lowest BCUT2D eigenvalue weighted by atomic mass is 9.99. The van der Waals surface area contributed by atoms with Gasteiger partial charge in [0.1, 0.15) is 6.61 Å². The van der Waals surface area contributed by atoms with Crippen LogP contribution in [0, 0.1) is 0 Å². The van der Waals surface area contributed by atoms with E-state index in [2.05, 4.69) is 11.4 Å². The molecule has 1 aliphatic heterocycles. The van der Waals surface area contributed by atoms with E-state index in [4.69, 9.17) is 9.84 Å². The number of ether oxygens (including phenoxy) is 1.